The number of hydrogen-bond acceptors (Lipinski definition) is 2. The van der Waals surface area contributed by atoms with Gasteiger partial charge in [-0.1, -0.05) is 6.58 Å². The summed E-state index contributed by atoms with van der Waals surface area (Å²) in [5.41, 5.74) is 0. The largest absolute Gasteiger partial charge is 0.478 e. The lowest BCUT2D eigenvalue weighted by Crippen LogP contribution is -1.82. The summed E-state index contributed by atoms with van der Waals surface area (Å²) in [5.74, 6) is 0.269. The van der Waals surface area contributed by atoms with E-state index in [9.17, 15) is 4.79 Å². The number of carboxylic acids is 1. The molecule has 0 saturated heterocycles. The first kappa shape index (κ1) is 9.83. The Bertz CT molecular complexity index is 109. The lowest BCUT2D eigenvalue weighted by Gasteiger charge is -1.64. The molecule has 0 aromatic carbocycles. The SMILES string of the molecule is C=C=O.C=CC(=O)O. The van der Waals surface area contributed by atoms with Crippen LogP contribution in [0.2, 0.25) is 0 Å². The number of carbonyl (C=O) groups is 1. The van der Waals surface area contributed by atoms with Gasteiger partial charge in [0.15, 0.2) is 0 Å². The fraction of sp³-hybridized carbons (Fsp3) is 0. The summed E-state index contributed by atoms with van der Waals surface area (Å²) in [6.07, 6.45) is 0.833. The zero-order valence-corrected chi connectivity index (χ0v) is 4.26. The second-order valence-electron chi connectivity index (χ2n) is 0.687. The topological polar surface area (TPSA) is 54.4 Å². The summed E-state index contributed by atoms with van der Waals surface area (Å²) in [7, 11) is 0. The highest BCUT2D eigenvalue weighted by molar-refractivity contribution is 5.78. The van der Waals surface area contributed by atoms with E-state index in [1.807, 2.05) is 0 Å². The third kappa shape index (κ3) is 143. The van der Waals surface area contributed by atoms with Gasteiger partial charge in [0.1, 0.15) is 5.94 Å². The van der Waals surface area contributed by atoms with Crippen molar-refractivity contribution in [3.63, 3.8) is 0 Å². The van der Waals surface area contributed by atoms with Crippen LogP contribution < -0.4 is 0 Å². The first-order valence-corrected chi connectivity index (χ1v) is 1.68. The number of aliphatic carboxylic acids is 1. The van der Waals surface area contributed by atoms with Crippen molar-refractivity contribution in [2.45, 2.75) is 0 Å². The van der Waals surface area contributed by atoms with Crippen molar-refractivity contribution >= 4 is 11.9 Å². The molecular formula is C5H6O3. The average Bonchev–Trinajstić information content (AvgIpc) is 1.69. The van der Waals surface area contributed by atoms with Gasteiger partial charge in [0.05, 0.1) is 0 Å². The van der Waals surface area contributed by atoms with Crippen molar-refractivity contribution in [1.82, 2.24) is 0 Å². The van der Waals surface area contributed by atoms with Crippen molar-refractivity contribution in [3.05, 3.63) is 19.2 Å². The first-order chi connectivity index (χ1) is 3.68. The minimum absolute atomic E-state index is 0.833. The van der Waals surface area contributed by atoms with Gasteiger partial charge in [0.2, 0.25) is 0 Å². The maximum Gasteiger partial charge on any atom is 0.327 e. The average molecular weight is 114 g/mol. The number of hydrogen-bond donors (Lipinski definition) is 1. The minimum atomic E-state index is -0.981. The summed E-state index contributed by atoms with van der Waals surface area (Å²) in [5, 5.41) is 7.60. The Morgan fingerprint density at radius 3 is 1.88 bits per heavy atom. The third-order valence-corrected chi connectivity index (χ3v) is 0.175. The standard InChI is InChI=1S/C3H4O2.C2H2O/c1-2-3(4)5;1-2-3/h2H,1H2,(H,4,5);1H2. The maximum absolute atomic E-state index is 9.25. The lowest BCUT2D eigenvalue weighted by atomic mass is 10.7. The molecule has 0 aromatic rings. The summed E-state index contributed by atoms with van der Waals surface area (Å²) in [6, 6.07) is 0. The van der Waals surface area contributed by atoms with Gasteiger partial charge in [-0.15, -0.1) is 0 Å². The molecule has 3 heteroatoms. The number of carboxylic acid groups (broad SMARTS) is 1. The van der Waals surface area contributed by atoms with E-state index in [4.69, 9.17) is 9.90 Å². The van der Waals surface area contributed by atoms with E-state index in [-0.39, 0.29) is 0 Å². The van der Waals surface area contributed by atoms with Crippen molar-refractivity contribution in [3.8, 4) is 0 Å². The van der Waals surface area contributed by atoms with E-state index in [0.29, 0.717) is 0 Å². The molecule has 0 aliphatic heterocycles. The van der Waals surface area contributed by atoms with E-state index in [0.717, 1.165) is 6.08 Å². The maximum atomic E-state index is 9.25. The van der Waals surface area contributed by atoms with Gasteiger partial charge in [-0.25, -0.2) is 9.59 Å². The molecule has 0 bridgehead atoms. The zero-order chi connectivity index (χ0) is 6.99. The van der Waals surface area contributed by atoms with Gasteiger partial charge in [-0.05, 0) is 6.58 Å². The second-order valence-corrected chi connectivity index (χ2v) is 0.687. The Balaban J connectivity index is 0. The fourth-order valence-electron chi connectivity index (χ4n) is 0. The van der Waals surface area contributed by atoms with Crippen LogP contribution in [0.4, 0.5) is 0 Å². The Hall–Kier alpha value is -1.34. The first-order valence-electron chi connectivity index (χ1n) is 1.68. The van der Waals surface area contributed by atoms with Crippen LogP contribution in [0.15, 0.2) is 19.2 Å². The van der Waals surface area contributed by atoms with Crippen LogP contribution in [0.25, 0.3) is 0 Å². The summed E-state index contributed by atoms with van der Waals surface area (Å²) < 4.78 is 0. The van der Waals surface area contributed by atoms with E-state index in [1.165, 1.54) is 5.94 Å². The van der Waals surface area contributed by atoms with Gasteiger partial charge in [-0.2, -0.15) is 0 Å². The second kappa shape index (κ2) is 9.18. The molecule has 0 fully saturated rings. The van der Waals surface area contributed by atoms with Crippen LogP contribution >= 0.6 is 0 Å². The molecule has 0 atom stereocenters. The highest BCUT2D eigenvalue weighted by Gasteiger charge is 1.73. The molecule has 0 rings (SSSR count). The van der Waals surface area contributed by atoms with Crippen molar-refractivity contribution in [1.29, 1.82) is 0 Å². The molecule has 0 spiro atoms. The number of rotatable bonds is 1. The lowest BCUT2D eigenvalue weighted by molar-refractivity contribution is -0.131. The molecule has 0 amide bonds. The molecule has 0 aliphatic carbocycles. The van der Waals surface area contributed by atoms with Gasteiger partial charge in [-0.3, -0.25) is 0 Å². The van der Waals surface area contributed by atoms with E-state index >= 15 is 0 Å². The summed E-state index contributed by atoms with van der Waals surface area (Å²) in [4.78, 5) is 17.8. The van der Waals surface area contributed by atoms with Gasteiger partial charge in [0.25, 0.3) is 0 Å². The Kier molecular flexibility index (Phi) is 11.3. The van der Waals surface area contributed by atoms with Crippen LogP contribution in [0, 0.1) is 0 Å². The Morgan fingerprint density at radius 1 is 1.75 bits per heavy atom. The van der Waals surface area contributed by atoms with Gasteiger partial charge in [0, 0.05) is 6.08 Å². The summed E-state index contributed by atoms with van der Waals surface area (Å²) >= 11 is 0. The van der Waals surface area contributed by atoms with Gasteiger partial charge < -0.3 is 5.11 Å². The van der Waals surface area contributed by atoms with Crippen LogP contribution in [-0.2, 0) is 9.59 Å². The predicted molar refractivity (Wildman–Crippen MR) is 29.2 cm³/mol. The molecule has 8 heavy (non-hydrogen) atoms. The van der Waals surface area contributed by atoms with E-state index in [2.05, 4.69) is 13.2 Å². The molecule has 0 aromatic heterocycles. The van der Waals surface area contributed by atoms with Crippen LogP contribution in [0.1, 0.15) is 0 Å². The van der Waals surface area contributed by atoms with Crippen molar-refractivity contribution in [2.75, 3.05) is 0 Å². The quantitative estimate of drug-likeness (QED) is 0.393. The molecule has 0 unspecified atom stereocenters. The molecule has 0 aliphatic rings. The molecule has 1 N–H and O–H groups in total. The van der Waals surface area contributed by atoms with Crippen LogP contribution in [0.3, 0.4) is 0 Å². The molecule has 44 valence electrons. The predicted octanol–water partition coefficient (Wildman–Crippen LogP) is 0.261. The molecule has 0 heterocycles. The van der Waals surface area contributed by atoms with Crippen molar-refractivity contribution < 1.29 is 14.7 Å². The zero-order valence-electron chi connectivity index (χ0n) is 4.26. The Labute approximate surface area is 46.9 Å². The highest BCUT2D eigenvalue weighted by atomic mass is 16.4. The fourth-order valence-corrected chi connectivity index (χ4v) is 0. The normalized spacial score (nSPS) is 5.00. The summed E-state index contributed by atoms with van der Waals surface area (Å²) in [6.45, 7) is 5.64. The van der Waals surface area contributed by atoms with Crippen LogP contribution in [-0.4, -0.2) is 17.0 Å². The Morgan fingerprint density at radius 2 is 1.88 bits per heavy atom. The van der Waals surface area contributed by atoms with Crippen molar-refractivity contribution in [2.24, 2.45) is 0 Å². The van der Waals surface area contributed by atoms with E-state index in [1.54, 1.807) is 0 Å². The molecule has 3 nitrogen and oxygen atoms in total. The molecule has 0 radical (unpaired) electrons. The molecule has 0 saturated carbocycles. The monoisotopic (exact) mass is 114 g/mol. The van der Waals surface area contributed by atoms with E-state index < -0.39 is 5.97 Å². The van der Waals surface area contributed by atoms with Gasteiger partial charge >= 0.3 is 5.97 Å². The van der Waals surface area contributed by atoms with Crippen LogP contribution in [0.5, 0.6) is 0 Å². The third-order valence-electron chi connectivity index (χ3n) is 0.175. The highest BCUT2D eigenvalue weighted by Crippen LogP contribution is 1.54. The minimum Gasteiger partial charge on any atom is -0.478 e. The number of carbonyl (C=O) groups excluding carboxylic acids is 1. The molecular weight excluding hydrogens is 108 g/mol. The smallest absolute Gasteiger partial charge is 0.327 e.